The van der Waals surface area contributed by atoms with Crippen molar-refractivity contribution in [3.05, 3.63) is 41.5 Å². The third-order valence-corrected chi connectivity index (χ3v) is 5.82. The molecule has 5 atom stereocenters. The summed E-state index contributed by atoms with van der Waals surface area (Å²) in [4.78, 5) is 23.4. The molecule has 1 saturated heterocycles. The summed E-state index contributed by atoms with van der Waals surface area (Å²) >= 11 is 0. The molecule has 2 rings (SSSR count). The van der Waals surface area contributed by atoms with Gasteiger partial charge in [-0.3, -0.25) is 9.59 Å². The predicted molar refractivity (Wildman–Crippen MR) is 129 cm³/mol. The van der Waals surface area contributed by atoms with Crippen LogP contribution >= 0.6 is 0 Å². The number of hydrogen-bond donors (Lipinski definition) is 0. The van der Waals surface area contributed by atoms with Crippen LogP contribution in [-0.2, 0) is 35.0 Å². The second kappa shape index (κ2) is 14.1. The summed E-state index contributed by atoms with van der Waals surface area (Å²) in [6.07, 6.45) is 3.13. The molecule has 34 heavy (non-hydrogen) atoms. The van der Waals surface area contributed by atoms with Crippen molar-refractivity contribution in [2.24, 2.45) is 5.92 Å². The Balaban J connectivity index is 1.85. The fourth-order valence-electron chi connectivity index (χ4n) is 4.01. The maximum absolute atomic E-state index is 11.7. The number of ether oxygens (including phenoxy) is 5. The number of allylic oxidation sites excluding steroid dienone is 1. The second-order valence-electron chi connectivity index (χ2n) is 9.02. The lowest BCUT2D eigenvalue weighted by Crippen LogP contribution is -2.57. The van der Waals surface area contributed by atoms with Gasteiger partial charge in [0.25, 0.3) is 0 Å². The van der Waals surface area contributed by atoms with Gasteiger partial charge in [-0.1, -0.05) is 31.6 Å². The third kappa shape index (κ3) is 9.11. The zero-order chi connectivity index (χ0) is 25.1. The average molecular weight is 477 g/mol. The molecule has 0 amide bonds. The highest BCUT2D eigenvalue weighted by atomic mass is 16.7. The lowest BCUT2D eigenvalue weighted by atomic mass is 9.89. The van der Waals surface area contributed by atoms with Crippen molar-refractivity contribution >= 4 is 11.9 Å². The molecule has 1 aromatic carbocycles. The molecule has 1 aliphatic heterocycles. The van der Waals surface area contributed by atoms with E-state index in [1.807, 2.05) is 45.9 Å². The Labute approximate surface area is 203 Å². The van der Waals surface area contributed by atoms with Gasteiger partial charge in [-0.15, -0.1) is 0 Å². The minimum atomic E-state index is -0.793. The molecule has 7 heteroatoms. The van der Waals surface area contributed by atoms with Crippen LogP contribution in [0.25, 0.3) is 0 Å². The van der Waals surface area contributed by atoms with E-state index in [2.05, 4.69) is 12.1 Å². The summed E-state index contributed by atoms with van der Waals surface area (Å²) in [5, 5.41) is 0. The van der Waals surface area contributed by atoms with Gasteiger partial charge in [0.2, 0.25) is 0 Å². The first kappa shape index (κ1) is 27.9. The van der Waals surface area contributed by atoms with Crippen LogP contribution in [0.2, 0.25) is 0 Å². The quantitative estimate of drug-likeness (QED) is 0.238. The molecule has 0 aliphatic carbocycles. The van der Waals surface area contributed by atoms with Gasteiger partial charge in [0.05, 0.1) is 6.10 Å². The molecule has 1 aromatic rings. The summed E-state index contributed by atoms with van der Waals surface area (Å²) in [5.74, 6) is -0.141. The molecule has 1 fully saturated rings. The lowest BCUT2D eigenvalue weighted by molar-refractivity contribution is -0.290. The summed E-state index contributed by atoms with van der Waals surface area (Å²) < 4.78 is 28.8. The largest absolute Gasteiger partial charge is 0.490 e. The molecule has 0 saturated carbocycles. The molecule has 0 aromatic heterocycles. The minimum absolute atomic E-state index is 0.118. The number of carbonyl (C=O) groups is 2. The smallest absolute Gasteiger partial charge is 0.303 e. The number of esters is 2. The van der Waals surface area contributed by atoms with E-state index in [4.69, 9.17) is 23.7 Å². The monoisotopic (exact) mass is 476 g/mol. The summed E-state index contributed by atoms with van der Waals surface area (Å²) in [7, 11) is 0. The van der Waals surface area contributed by atoms with Gasteiger partial charge in [-0.05, 0) is 63.3 Å². The molecule has 0 radical (unpaired) electrons. The van der Waals surface area contributed by atoms with Gasteiger partial charge in [0.15, 0.2) is 12.4 Å². The van der Waals surface area contributed by atoms with Crippen LogP contribution in [0, 0.1) is 5.92 Å². The molecule has 0 N–H and O–H groups in total. The van der Waals surface area contributed by atoms with Crippen molar-refractivity contribution in [2.45, 2.75) is 91.8 Å². The summed E-state index contributed by atoms with van der Waals surface area (Å²) in [6.45, 7) is 11.7. The van der Waals surface area contributed by atoms with Gasteiger partial charge < -0.3 is 23.7 Å². The highest BCUT2D eigenvalue weighted by Crippen LogP contribution is 2.32. The highest BCUT2D eigenvalue weighted by Gasteiger charge is 2.47. The molecular weight excluding hydrogens is 436 g/mol. The lowest BCUT2D eigenvalue weighted by Gasteiger charge is -2.43. The zero-order valence-corrected chi connectivity index (χ0v) is 21.4. The molecule has 1 heterocycles. The first-order valence-corrected chi connectivity index (χ1v) is 12.2. The Bertz CT molecular complexity index is 798. The Morgan fingerprint density at radius 2 is 1.62 bits per heavy atom. The topological polar surface area (TPSA) is 80.3 Å². The molecule has 190 valence electrons. The van der Waals surface area contributed by atoms with Crippen LogP contribution in [0.5, 0.6) is 5.75 Å². The number of hydrogen-bond acceptors (Lipinski definition) is 7. The van der Waals surface area contributed by atoms with Gasteiger partial charge >= 0.3 is 11.9 Å². The molecule has 0 bridgehead atoms. The molecule has 0 spiro atoms. The van der Waals surface area contributed by atoms with E-state index in [0.717, 1.165) is 31.4 Å². The Kier molecular flexibility index (Phi) is 11.6. The number of carbonyl (C=O) groups excluding carboxylic acids is 2. The van der Waals surface area contributed by atoms with Gasteiger partial charge in [0.1, 0.15) is 18.5 Å². The standard InChI is InChI=1S/C27H40O7/c1-7-24-19(4)25(32-20(5)28)26(33-21(6)29)27(34-24)31-16-9-8-10-22-11-13-23(14-12-22)30-17-15-18(2)3/h11-15,19,24-27H,7-10,16-17H2,1-6H3/t19-,24-,25+,26-,27-/m1/s1. The fraction of sp³-hybridized carbons (Fsp3) is 0.630. The second-order valence-corrected chi connectivity index (χ2v) is 9.02. The molecule has 1 aliphatic rings. The van der Waals surface area contributed by atoms with Crippen LogP contribution in [-0.4, -0.2) is 49.8 Å². The van der Waals surface area contributed by atoms with E-state index < -0.39 is 30.4 Å². The normalized spacial score (nSPS) is 24.2. The Morgan fingerprint density at radius 3 is 2.21 bits per heavy atom. The first-order chi connectivity index (χ1) is 16.2. The Morgan fingerprint density at radius 1 is 0.971 bits per heavy atom. The fourth-order valence-corrected chi connectivity index (χ4v) is 4.01. The molecule has 7 nitrogen and oxygen atoms in total. The van der Waals surface area contributed by atoms with Crippen molar-refractivity contribution in [2.75, 3.05) is 13.2 Å². The highest BCUT2D eigenvalue weighted by molar-refractivity contribution is 5.67. The SMILES string of the molecule is CC[C@H]1O[C@@H](OCCCCc2ccc(OCC=C(C)C)cc2)[C@H](OC(C)=O)[C@@H](OC(C)=O)[C@@H]1C. The van der Waals surface area contributed by atoms with Crippen LogP contribution < -0.4 is 4.74 Å². The minimum Gasteiger partial charge on any atom is -0.490 e. The van der Waals surface area contributed by atoms with E-state index in [1.54, 1.807) is 0 Å². The van der Waals surface area contributed by atoms with Crippen molar-refractivity contribution in [3.63, 3.8) is 0 Å². The average Bonchev–Trinajstić information content (AvgIpc) is 2.77. The van der Waals surface area contributed by atoms with Crippen LogP contribution in [0.15, 0.2) is 35.9 Å². The van der Waals surface area contributed by atoms with E-state index in [0.29, 0.717) is 13.2 Å². The summed E-state index contributed by atoms with van der Waals surface area (Å²) in [5.41, 5.74) is 2.47. The van der Waals surface area contributed by atoms with Gasteiger partial charge in [0, 0.05) is 26.4 Å². The predicted octanol–water partition coefficient (Wildman–Crippen LogP) is 5.01. The first-order valence-electron chi connectivity index (χ1n) is 12.2. The van der Waals surface area contributed by atoms with Crippen molar-refractivity contribution in [1.82, 2.24) is 0 Å². The third-order valence-electron chi connectivity index (χ3n) is 5.82. The van der Waals surface area contributed by atoms with E-state index in [1.165, 1.54) is 25.0 Å². The van der Waals surface area contributed by atoms with Gasteiger partial charge in [-0.2, -0.15) is 0 Å². The van der Waals surface area contributed by atoms with E-state index in [9.17, 15) is 9.59 Å². The van der Waals surface area contributed by atoms with Crippen molar-refractivity contribution < 1.29 is 33.3 Å². The number of aryl methyl sites for hydroxylation is 1. The van der Waals surface area contributed by atoms with E-state index >= 15 is 0 Å². The van der Waals surface area contributed by atoms with Crippen molar-refractivity contribution in [1.29, 1.82) is 0 Å². The number of unbranched alkanes of at least 4 members (excludes halogenated alkanes) is 1. The Hall–Kier alpha value is -2.38. The van der Waals surface area contributed by atoms with E-state index in [-0.39, 0.29) is 12.0 Å². The number of rotatable bonds is 12. The van der Waals surface area contributed by atoms with Crippen LogP contribution in [0.3, 0.4) is 0 Å². The summed E-state index contributed by atoms with van der Waals surface area (Å²) in [6, 6.07) is 8.14. The van der Waals surface area contributed by atoms with Gasteiger partial charge in [-0.25, -0.2) is 0 Å². The van der Waals surface area contributed by atoms with Crippen LogP contribution in [0.4, 0.5) is 0 Å². The number of benzene rings is 1. The maximum Gasteiger partial charge on any atom is 0.303 e. The van der Waals surface area contributed by atoms with Crippen LogP contribution in [0.1, 0.15) is 66.4 Å². The van der Waals surface area contributed by atoms with Crippen molar-refractivity contribution in [3.8, 4) is 5.75 Å². The zero-order valence-electron chi connectivity index (χ0n) is 21.4. The molecular formula is C27H40O7. The maximum atomic E-state index is 11.7. The molecule has 0 unspecified atom stereocenters.